The summed E-state index contributed by atoms with van der Waals surface area (Å²) in [7, 11) is 0. The van der Waals surface area contributed by atoms with Crippen LogP contribution in [-0.4, -0.2) is 9.91 Å². The number of hydrogen-bond donors (Lipinski definition) is 1. The Kier molecular flexibility index (Phi) is 3.28. The van der Waals surface area contributed by atoms with Crippen molar-refractivity contribution in [3.63, 3.8) is 0 Å². The summed E-state index contributed by atoms with van der Waals surface area (Å²) >= 11 is 3.42. The molecular formula is C15H11BrN2O2. The Bertz CT molecular complexity index is 778. The van der Waals surface area contributed by atoms with Crippen LogP contribution in [0.1, 0.15) is 5.56 Å². The predicted octanol–water partition coefficient (Wildman–Crippen LogP) is 4.64. The molecule has 3 rings (SSSR count). The van der Waals surface area contributed by atoms with Gasteiger partial charge in [-0.25, -0.2) is 0 Å². The lowest BCUT2D eigenvalue weighted by atomic mass is 10.1. The van der Waals surface area contributed by atoms with E-state index in [1.54, 1.807) is 12.1 Å². The first kappa shape index (κ1) is 12.9. The van der Waals surface area contributed by atoms with Crippen molar-refractivity contribution in [1.82, 2.24) is 4.98 Å². The van der Waals surface area contributed by atoms with Gasteiger partial charge in [0.25, 0.3) is 5.69 Å². The summed E-state index contributed by atoms with van der Waals surface area (Å²) in [6.45, 7) is 0. The van der Waals surface area contributed by atoms with Crippen molar-refractivity contribution in [2.24, 2.45) is 0 Å². The van der Waals surface area contributed by atoms with Crippen molar-refractivity contribution in [2.75, 3.05) is 0 Å². The lowest BCUT2D eigenvalue weighted by Crippen LogP contribution is -1.86. The van der Waals surface area contributed by atoms with Gasteiger partial charge in [0.05, 0.1) is 4.92 Å². The Labute approximate surface area is 123 Å². The molecule has 1 aromatic heterocycles. The minimum Gasteiger partial charge on any atom is -0.355 e. The first-order valence-electron chi connectivity index (χ1n) is 6.10. The average molecular weight is 331 g/mol. The van der Waals surface area contributed by atoms with Crippen molar-refractivity contribution in [1.29, 1.82) is 0 Å². The van der Waals surface area contributed by atoms with E-state index in [1.807, 2.05) is 18.2 Å². The van der Waals surface area contributed by atoms with Crippen molar-refractivity contribution in [3.05, 3.63) is 64.2 Å². The van der Waals surface area contributed by atoms with Crippen molar-refractivity contribution in [2.45, 2.75) is 5.33 Å². The second-order valence-electron chi connectivity index (χ2n) is 4.54. The third-order valence-corrected chi connectivity index (χ3v) is 3.88. The molecule has 0 saturated carbocycles. The van der Waals surface area contributed by atoms with E-state index < -0.39 is 0 Å². The maximum atomic E-state index is 10.8. The van der Waals surface area contributed by atoms with Crippen LogP contribution in [0.3, 0.4) is 0 Å². The standard InChI is InChI=1S/C15H11BrN2O2/c16-9-10-1-3-11(4-2-10)15-8-12-7-13(18(19)20)5-6-14(12)17-15/h1-8,17H,9H2. The molecule has 2 aromatic carbocycles. The zero-order valence-corrected chi connectivity index (χ0v) is 12.1. The van der Waals surface area contributed by atoms with Crippen LogP contribution in [0.4, 0.5) is 5.69 Å². The summed E-state index contributed by atoms with van der Waals surface area (Å²) in [6, 6.07) is 15.0. The summed E-state index contributed by atoms with van der Waals surface area (Å²) in [6.07, 6.45) is 0. The number of nitro benzene ring substituents is 1. The monoisotopic (exact) mass is 330 g/mol. The van der Waals surface area contributed by atoms with Gasteiger partial charge in [0.1, 0.15) is 0 Å². The minimum absolute atomic E-state index is 0.109. The van der Waals surface area contributed by atoms with Gasteiger partial charge in [0.15, 0.2) is 0 Å². The molecule has 0 radical (unpaired) electrons. The molecule has 1 heterocycles. The summed E-state index contributed by atoms with van der Waals surface area (Å²) in [4.78, 5) is 13.7. The van der Waals surface area contributed by atoms with Crippen LogP contribution in [0.5, 0.6) is 0 Å². The van der Waals surface area contributed by atoms with Crippen LogP contribution in [0.15, 0.2) is 48.5 Å². The molecule has 1 N–H and O–H groups in total. The molecule has 0 unspecified atom stereocenters. The summed E-state index contributed by atoms with van der Waals surface area (Å²) < 4.78 is 0. The molecule has 0 aliphatic carbocycles. The Hall–Kier alpha value is -2.14. The fourth-order valence-electron chi connectivity index (χ4n) is 2.16. The minimum atomic E-state index is -0.378. The Morgan fingerprint density at radius 2 is 1.85 bits per heavy atom. The maximum Gasteiger partial charge on any atom is 0.270 e. The average Bonchev–Trinajstić information content (AvgIpc) is 2.90. The Balaban J connectivity index is 2.05. The van der Waals surface area contributed by atoms with E-state index in [0.29, 0.717) is 0 Å². The number of nitrogens with zero attached hydrogens (tertiary/aromatic N) is 1. The molecule has 0 fully saturated rings. The lowest BCUT2D eigenvalue weighted by molar-refractivity contribution is -0.384. The number of aromatic amines is 1. The molecule has 0 spiro atoms. The molecule has 0 saturated heterocycles. The zero-order chi connectivity index (χ0) is 14.1. The molecule has 0 amide bonds. The first-order valence-corrected chi connectivity index (χ1v) is 7.22. The summed E-state index contributed by atoms with van der Waals surface area (Å²) in [5, 5.41) is 12.5. The van der Waals surface area contributed by atoms with Gasteiger partial charge in [-0.05, 0) is 23.3 Å². The van der Waals surface area contributed by atoms with Gasteiger partial charge in [0, 0.05) is 34.1 Å². The van der Waals surface area contributed by atoms with Crippen molar-refractivity contribution < 1.29 is 4.92 Å². The highest BCUT2D eigenvalue weighted by Crippen LogP contribution is 2.27. The number of nitrogens with one attached hydrogen (secondary N) is 1. The van der Waals surface area contributed by atoms with Crippen LogP contribution in [0, 0.1) is 10.1 Å². The fraction of sp³-hybridized carbons (Fsp3) is 0.0667. The number of alkyl halides is 1. The molecule has 3 aromatic rings. The highest BCUT2D eigenvalue weighted by Gasteiger charge is 2.09. The van der Waals surface area contributed by atoms with Gasteiger partial charge in [-0.15, -0.1) is 0 Å². The third-order valence-electron chi connectivity index (χ3n) is 3.23. The van der Waals surface area contributed by atoms with E-state index in [4.69, 9.17) is 0 Å². The zero-order valence-electron chi connectivity index (χ0n) is 10.5. The number of benzene rings is 2. The largest absolute Gasteiger partial charge is 0.355 e. The quantitative estimate of drug-likeness (QED) is 0.432. The van der Waals surface area contributed by atoms with Crippen molar-refractivity contribution in [3.8, 4) is 11.3 Å². The normalized spacial score (nSPS) is 10.8. The van der Waals surface area contributed by atoms with Gasteiger partial charge in [-0.3, -0.25) is 10.1 Å². The van der Waals surface area contributed by atoms with E-state index in [2.05, 4.69) is 33.0 Å². The smallest absolute Gasteiger partial charge is 0.270 e. The van der Waals surface area contributed by atoms with E-state index >= 15 is 0 Å². The van der Waals surface area contributed by atoms with Gasteiger partial charge < -0.3 is 4.98 Å². The SMILES string of the molecule is O=[N+]([O-])c1ccc2[nH]c(-c3ccc(CBr)cc3)cc2c1. The number of nitro groups is 1. The molecule has 0 atom stereocenters. The molecule has 0 aliphatic rings. The van der Waals surface area contributed by atoms with Gasteiger partial charge in [-0.1, -0.05) is 40.2 Å². The molecule has 5 heteroatoms. The van der Waals surface area contributed by atoms with Crippen molar-refractivity contribution >= 4 is 32.5 Å². The predicted molar refractivity (Wildman–Crippen MR) is 83.0 cm³/mol. The highest BCUT2D eigenvalue weighted by atomic mass is 79.9. The Morgan fingerprint density at radius 1 is 1.10 bits per heavy atom. The summed E-state index contributed by atoms with van der Waals surface area (Å²) in [5.41, 5.74) is 4.24. The fourth-order valence-corrected chi connectivity index (χ4v) is 2.54. The number of non-ortho nitro benzene ring substituents is 1. The van der Waals surface area contributed by atoms with Gasteiger partial charge >= 0.3 is 0 Å². The van der Waals surface area contributed by atoms with E-state index in [-0.39, 0.29) is 10.6 Å². The number of H-pyrrole nitrogens is 1. The maximum absolute atomic E-state index is 10.8. The van der Waals surface area contributed by atoms with Crippen LogP contribution >= 0.6 is 15.9 Å². The van der Waals surface area contributed by atoms with Gasteiger partial charge in [-0.2, -0.15) is 0 Å². The molecule has 4 nitrogen and oxygen atoms in total. The van der Waals surface area contributed by atoms with Gasteiger partial charge in [0.2, 0.25) is 0 Å². The molecule has 0 bridgehead atoms. The number of rotatable bonds is 3. The van der Waals surface area contributed by atoms with Crippen LogP contribution in [-0.2, 0) is 5.33 Å². The van der Waals surface area contributed by atoms with Crippen LogP contribution in [0.2, 0.25) is 0 Å². The Morgan fingerprint density at radius 3 is 2.50 bits per heavy atom. The number of halogens is 1. The molecule has 100 valence electrons. The summed E-state index contributed by atoms with van der Waals surface area (Å²) in [5.74, 6) is 0. The topological polar surface area (TPSA) is 58.9 Å². The first-order chi connectivity index (χ1) is 9.67. The van der Waals surface area contributed by atoms with E-state index in [9.17, 15) is 10.1 Å². The van der Waals surface area contributed by atoms with Crippen LogP contribution in [0.25, 0.3) is 22.2 Å². The lowest BCUT2D eigenvalue weighted by Gasteiger charge is -1.99. The van der Waals surface area contributed by atoms with Crippen LogP contribution < -0.4 is 0 Å². The second kappa shape index (κ2) is 5.09. The highest BCUT2D eigenvalue weighted by molar-refractivity contribution is 9.08. The molecule has 0 aliphatic heterocycles. The molecular weight excluding hydrogens is 320 g/mol. The molecule has 20 heavy (non-hydrogen) atoms. The number of fused-ring (bicyclic) bond motifs is 1. The third kappa shape index (κ3) is 2.32. The second-order valence-corrected chi connectivity index (χ2v) is 5.10. The van der Waals surface area contributed by atoms with E-state index in [1.165, 1.54) is 11.6 Å². The number of hydrogen-bond acceptors (Lipinski definition) is 2. The number of aromatic nitrogens is 1. The van der Waals surface area contributed by atoms with E-state index in [0.717, 1.165) is 27.5 Å².